The summed E-state index contributed by atoms with van der Waals surface area (Å²) < 4.78 is 18.0. The average Bonchev–Trinajstić information content (AvgIpc) is 3.35. The topological polar surface area (TPSA) is 95.7 Å². The Bertz CT molecular complexity index is 1270. The van der Waals surface area contributed by atoms with Gasteiger partial charge in [-0.05, 0) is 59.7 Å². The number of hydrogen-bond acceptors (Lipinski definition) is 6. The lowest BCUT2D eigenvalue weighted by molar-refractivity contribution is 0.0697. The summed E-state index contributed by atoms with van der Waals surface area (Å²) >= 11 is 0. The molecule has 0 aliphatic carbocycles. The lowest BCUT2D eigenvalue weighted by atomic mass is 10.1. The highest BCUT2D eigenvalue weighted by atomic mass is 16.5. The summed E-state index contributed by atoms with van der Waals surface area (Å²) in [6.45, 7) is 0.256. The van der Waals surface area contributed by atoms with Gasteiger partial charge in [0.05, 0.1) is 31.7 Å². The molecule has 0 fully saturated rings. The molecule has 4 rings (SSSR count). The molecule has 1 aromatic heterocycles. The van der Waals surface area contributed by atoms with Crippen LogP contribution in [0.15, 0.2) is 72.9 Å². The van der Waals surface area contributed by atoms with Crippen LogP contribution < -0.4 is 14.2 Å². The molecule has 8 heteroatoms. The Morgan fingerprint density at radius 3 is 2.15 bits per heavy atom. The van der Waals surface area contributed by atoms with Crippen LogP contribution in [0.1, 0.15) is 27.2 Å². The lowest BCUT2D eigenvalue weighted by Gasteiger charge is -2.06. The number of aromatic carboxylic acids is 1. The van der Waals surface area contributed by atoms with E-state index in [0.29, 0.717) is 17.1 Å². The van der Waals surface area contributed by atoms with Gasteiger partial charge in [0.15, 0.2) is 0 Å². The van der Waals surface area contributed by atoms with E-state index in [9.17, 15) is 4.79 Å². The number of carbonyl (C=O) groups is 1. The summed E-state index contributed by atoms with van der Waals surface area (Å²) in [4.78, 5) is 11.0. The zero-order chi connectivity index (χ0) is 23.9. The third kappa shape index (κ3) is 5.60. The van der Waals surface area contributed by atoms with Gasteiger partial charge in [0.25, 0.3) is 0 Å². The molecule has 1 heterocycles. The fourth-order valence-corrected chi connectivity index (χ4v) is 3.20. The van der Waals surface area contributed by atoms with Crippen molar-refractivity contribution >= 4 is 18.1 Å². The van der Waals surface area contributed by atoms with E-state index >= 15 is 0 Å². The van der Waals surface area contributed by atoms with Crippen molar-refractivity contribution in [3.63, 3.8) is 0 Å². The molecule has 172 valence electrons. The van der Waals surface area contributed by atoms with Gasteiger partial charge in [-0.2, -0.15) is 0 Å². The molecule has 0 saturated carbocycles. The Balaban J connectivity index is 1.35. The highest BCUT2D eigenvalue weighted by Gasteiger charge is 2.06. The average molecular weight is 457 g/mol. The molecule has 4 aromatic rings. The molecule has 0 aliphatic heterocycles. The molecule has 0 unspecified atom stereocenters. The third-order valence-electron chi connectivity index (χ3n) is 5.03. The molecule has 0 spiro atoms. The number of carboxylic acid groups (broad SMARTS) is 1. The van der Waals surface area contributed by atoms with Gasteiger partial charge in [-0.25, -0.2) is 9.48 Å². The summed E-state index contributed by atoms with van der Waals surface area (Å²) in [5, 5.41) is 17.2. The molecular weight excluding hydrogens is 434 g/mol. The van der Waals surface area contributed by atoms with Crippen LogP contribution in [0.3, 0.4) is 0 Å². The third-order valence-corrected chi connectivity index (χ3v) is 5.03. The Hall–Kier alpha value is -4.59. The van der Waals surface area contributed by atoms with Crippen molar-refractivity contribution in [3.8, 4) is 22.9 Å². The van der Waals surface area contributed by atoms with Crippen molar-refractivity contribution < 1.29 is 24.1 Å². The normalized spacial score (nSPS) is 10.9. The molecule has 0 aliphatic rings. The molecule has 0 amide bonds. The number of ether oxygens (including phenoxy) is 3. The number of rotatable bonds is 9. The van der Waals surface area contributed by atoms with E-state index in [-0.39, 0.29) is 12.2 Å². The van der Waals surface area contributed by atoms with Crippen LogP contribution in [-0.4, -0.2) is 40.3 Å². The van der Waals surface area contributed by atoms with Gasteiger partial charge in [0, 0.05) is 6.07 Å². The summed E-state index contributed by atoms with van der Waals surface area (Å²) in [5.41, 5.74) is 3.57. The van der Waals surface area contributed by atoms with Gasteiger partial charge in [0.2, 0.25) is 0 Å². The number of hydrogen-bond donors (Lipinski definition) is 1. The number of benzene rings is 3. The van der Waals surface area contributed by atoms with E-state index in [0.717, 1.165) is 22.6 Å². The fraction of sp³-hybridized carbons (Fsp3) is 0.115. The Kier molecular flexibility index (Phi) is 6.88. The van der Waals surface area contributed by atoms with Crippen molar-refractivity contribution in [3.05, 3.63) is 95.3 Å². The first kappa shape index (κ1) is 22.6. The van der Waals surface area contributed by atoms with Crippen LogP contribution in [0.25, 0.3) is 17.8 Å². The number of nitrogens with zero attached hydrogens (tertiary/aromatic N) is 3. The van der Waals surface area contributed by atoms with Crippen LogP contribution in [-0.2, 0) is 6.61 Å². The van der Waals surface area contributed by atoms with E-state index < -0.39 is 5.97 Å². The second-order valence-electron chi connectivity index (χ2n) is 7.34. The van der Waals surface area contributed by atoms with Crippen molar-refractivity contribution in [2.75, 3.05) is 14.2 Å². The predicted molar refractivity (Wildman–Crippen MR) is 128 cm³/mol. The summed E-state index contributed by atoms with van der Waals surface area (Å²) in [7, 11) is 3.25. The molecular formula is C26H23N3O5. The second-order valence-corrected chi connectivity index (χ2v) is 7.34. The Morgan fingerprint density at radius 2 is 1.53 bits per heavy atom. The van der Waals surface area contributed by atoms with Crippen LogP contribution in [0, 0.1) is 0 Å². The first-order valence-corrected chi connectivity index (χ1v) is 10.4. The maximum Gasteiger partial charge on any atom is 0.335 e. The van der Waals surface area contributed by atoms with Crippen molar-refractivity contribution in [2.24, 2.45) is 0 Å². The zero-order valence-electron chi connectivity index (χ0n) is 18.7. The highest BCUT2D eigenvalue weighted by Crippen LogP contribution is 2.24. The second kappa shape index (κ2) is 10.4. The maximum absolute atomic E-state index is 11.0. The number of carboxylic acids is 1. The van der Waals surface area contributed by atoms with Gasteiger partial charge < -0.3 is 19.3 Å². The zero-order valence-corrected chi connectivity index (χ0v) is 18.7. The number of aromatic nitrogens is 3. The van der Waals surface area contributed by atoms with E-state index in [1.807, 2.05) is 54.6 Å². The van der Waals surface area contributed by atoms with Crippen molar-refractivity contribution in [2.45, 2.75) is 6.61 Å². The largest absolute Gasteiger partial charge is 0.497 e. The molecule has 0 radical (unpaired) electrons. The van der Waals surface area contributed by atoms with E-state index in [1.54, 1.807) is 37.2 Å². The standard InChI is InChI=1S/C26H23N3O5/c1-32-24-13-19(14-25(15-24)33-2)4-3-18-5-11-23(12-6-18)34-17-21-16-29(28-27-21)22-9-7-20(8-10-22)26(30)31/h3-16H,17H2,1-2H3,(H,30,31)/b4-3+. The molecule has 0 atom stereocenters. The van der Waals surface area contributed by atoms with Crippen molar-refractivity contribution in [1.82, 2.24) is 15.0 Å². The van der Waals surface area contributed by atoms with E-state index in [1.165, 1.54) is 12.1 Å². The Labute approximate surface area is 196 Å². The monoisotopic (exact) mass is 457 g/mol. The molecule has 3 aromatic carbocycles. The summed E-state index contributed by atoms with van der Waals surface area (Å²) in [5.74, 6) is 1.20. The maximum atomic E-state index is 11.0. The summed E-state index contributed by atoms with van der Waals surface area (Å²) in [6.07, 6.45) is 5.73. The van der Waals surface area contributed by atoms with Crippen LogP contribution >= 0.6 is 0 Å². The quantitative estimate of drug-likeness (QED) is 0.363. The number of methoxy groups -OCH3 is 2. The van der Waals surface area contributed by atoms with Crippen LogP contribution in [0.2, 0.25) is 0 Å². The van der Waals surface area contributed by atoms with Gasteiger partial charge in [-0.1, -0.05) is 29.5 Å². The van der Waals surface area contributed by atoms with E-state index in [4.69, 9.17) is 19.3 Å². The lowest BCUT2D eigenvalue weighted by Crippen LogP contribution is -1.99. The van der Waals surface area contributed by atoms with Crippen molar-refractivity contribution in [1.29, 1.82) is 0 Å². The molecule has 34 heavy (non-hydrogen) atoms. The first-order chi connectivity index (χ1) is 16.5. The van der Waals surface area contributed by atoms with Gasteiger partial charge in [-0.15, -0.1) is 5.10 Å². The first-order valence-electron chi connectivity index (χ1n) is 10.4. The molecule has 1 N–H and O–H groups in total. The summed E-state index contributed by atoms with van der Waals surface area (Å²) in [6, 6.07) is 19.8. The Morgan fingerprint density at radius 1 is 0.882 bits per heavy atom. The SMILES string of the molecule is COc1cc(/C=C/c2ccc(OCc3cn(-c4ccc(C(=O)O)cc4)nn3)cc2)cc(OC)c1. The fourth-order valence-electron chi connectivity index (χ4n) is 3.20. The van der Waals surface area contributed by atoms with Gasteiger partial charge in [0.1, 0.15) is 29.5 Å². The minimum Gasteiger partial charge on any atom is -0.497 e. The van der Waals surface area contributed by atoms with Crippen LogP contribution in [0.5, 0.6) is 17.2 Å². The minimum absolute atomic E-state index is 0.217. The molecule has 0 bridgehead atoms. The minimum atomic E-state index is -0.971. The molecule has 8 nitrogen and oxygen atoms in total. The molecule has 0 saturated heterocycles. The van der Waals surface area contributed by atoms with Gasteiger partial charge in [-0.3, -0.25) is 0 Å². The van der Waals surface area contributed by atoms with E-state index in [2.05, 4.69) is 10.3 Å². The smallest absolute Gasteiger partial charge is 0.335 e. The highest BCUT2D eigenvalue weighted by molar-refractivity contribution is 5.87. The predicted octanol–water partition coefficient (Wildman–Crippen LogP) is 4.73. The van der Waals surface area contributed by atoms with Gasteiger partial charge >= 0.3 is 5.97 Å². The van der Waals surface area contributed by atoms with Crippen LogP contribution in [0.4, 0.5) is 0 Å².